The summed E-state index contributed by atoms with van der Waals surface area (Å²) in [7, 11) is 3.73. The number of benzene rings is 3. The van der Waals surface area contributed by atoms with E-state index in [0.29, 0.717) is 42.0 Å². The third-order valence-electron chi connectivity index (χ3n) is 10.2. The zero-order valence-corrected chi connectivity index (χ0v) is 30.8. The minimum absolute atomic E-state index is 0.209. The molecule has 258 valence electrons. The highest BCUT2D eigenvalue weighted by atomic mass is 35.5. The van der Waals surface area contributed by atoms with Crippen LogP contribution >= 0.6 is 23.2 Å². The van der Waals surface area contributed by atoms with Gasteiger partial charge in [0.1, 0.15) is 22.6 Å². The number of nitrogens with zero attached hydrogens (tertiary/aromatic N) is 5. The van der Waals surface area contributed by atoms with Gasteiger partial charge in [-0.25, -0.2) is 0 Å². The van der Waals surface area contributed by atoms with E-state index in [1.165, 1.54) is 0 Å². The largest absolute Gasteiger partial charge is 0.494 e. The van der Waals surface area contributed by atoms with Crippen LogP contribution < -0.4 is 15.4 Å². The van der Waals surface area contributed by atoms with Gasteiger partial charge in [-0.1, -0.05) is 53.5 Å². The van der Waals surface area contributed by atoms with Crippen LogP contribution in [0.5, 0.6) is 5.75 Å². The molecule has 1 aliphatic rings. The number of alkyl halides is 1. The fourth-order valence-electron chi connectivity index (χ4n) is 7.75. The van der Waals surface area contributed by atoms with Gasteiger partial charge >= 0.3 is 0 Å². The summed E-state index contributed by atoms with van der Waals surface area (Å²) in [5.41, 5.74) is 15.1. The Balaban J connectivity index is 1.39. The zero-order valence-electron chi connectivity index (χ0n) is 29.3. The average molecular weight is 712 g/mol. The lowest BCUT2D eigenvalue weighted by Gasteiger charge is -2.39. The van der Waals surface area contributed by atoms with Gasteiger partial charge in [0, 0.05) is 46.7 Å². The molecule has 11 heteroatoms. The molecule has 0 saturated heterocycles. The Morgan fingerprint density at radius 1 is 1.00 bits per heavy atom. The molecule has 2 atom stereocenters. The molecular formula is C39H40Cl2N6O3. The molecule has 2 amide bonds. The fraction of sp³-hybridized carbons (Fsp3) is 0.308. The molecule has 0 bridgehead atoms. The number of para-hydroxylation sites is 2. The number of carbonyl (C=O) groups excluding carboxylic acids is 2. The van der Waals surface area contributed by atoms with E-state index in [2.05, 4.69) is 36.6 Å². The van der Waals surface area contributed by atoms with Crippen molar-refractivity contribution in [1.82, 2.24) is 18.9 Å². The van der Waals surface area contributed by atoms with E-state index >= 15 is 4.79 Å². The van der Waals surface area contributed by atoms with Crippen LogP contribution in [0, 0.1) is 27.7 Å². The SMILES string of the molecule is Cc1cc(OCCCc2c3n(c4c(-c5c(C)nn(C)c5C)cccc24)[C@H](C)C(Cl)N(c2cccc4cc(C(N)=O)n(C)c24)C3=O)cc(C)c1Cl. The van der Waals surface area contributed by atoms with Gasteiger partial charge in [0.25, 0.3) is 11.8 Å². The number of amides is 2. The molecule has 3 aromatic carbocycles. The minimum atomic E-state index is -0.736. The number of aryl methyl sites for hydroxylation is 6. The zero-order chi connectivity index (χ0) is 35.8. The van der Waals surface area contributed by atoms with Gasteiger partial charge in [0.2, 0.25) is 0 Å². The molecule has 7 rings (SSSR count). The molecule has 0 fully saturated rings. The molecule has 0 spiro atoms. The van der Waals surface area contributed by atoms with Crippen LogP contribution in [0.15, 0.2) is 54.6 Å². The van der Waals surface area contributed by atoms with Gasteiger partial charge in [0.05, 0.1) is 35.1 Å². The second-order valence-electron chi connectivity index (χ2n) is 13.3. The summed E-state index contributed by atoms with van der Waals surface area (Å²) < 4.78 is 12.0. The van der Waals surface area contributed by atoms with Crippen molar-refractivity contribution < 1.29 is 14.3 Å². The number of fused-ring (bicyclic) bond motifs is 4. The number of rotatable bonds is 8. The van der Waals surface area contributed by atoms with Crippen molar-refractivity contribution in [2.24, 2.45) is 19.8 Å². The lowest BCUT2D eigenvalue weighted by atomic mass is 9.98. The number of aromatic nitrogens is 4. The fourth-order valence-corrected chi connectivity index (χ4v) is 8.17. The van der Waals surface area contributed by atoms with E-state index in [4.69, 9.17) is 38.8 Å². The molecule has 0 aliphatic carbocycles. The van der Waals surface area contributed by atoms with Crippen molar-refractivity contribution in [3.63, 3.8) is 0 Å². The van der Waals surface area contributed by atoms with Crippen LogP contribution in [0.2, 0.25) is 5.02 Å². The lowest BCUT2D eigenvalue weighted by Crippen LogP contribution is -2.48. The number of anilines is 1. The Labute approximate surface area is 301 Å². The average Bonchev–Trinajstić information content (AvgIpc) is 3.69. The van der Waals surface area contributed by atoms with E-state index in [1.807, 2.05) is 62.8 Å². The predicted molar refractivity (Wildman–Crippen MR) is 201 cm³/mol. The quantitative estimate of drug-likeness (QED) is 0.0975. The van der Waals surface area contributed by atoms with Crippen molar-refractivity contribution in [2.75, 3.05) is 11.5 Å². The normalized spacial score (nSPS) is 16.1. The second kappa shape index (κ2) is 12.5. The summed E-state index contributed by atoms with van der Waals surface area (Å²) in [6, 6.07) is 17.2. The summed E-state index contributed by atoms with van der Waals surface area (Å²) >= 11 is 13.8. The lowest BCUT2D eigenvalue weighted by molar-refractivity contribution is 0.0950. The molecule has 2 N–H and O–H groups in total. The van der Waals surface area contributed by atoms with Crippen LogP contribution in [0.1, 0.15) is 68.4 Å². The minimum Gasteiger partial charge on any atom is -0.494 e. The molecule has 1 unspecified atom stereocenters. The molecule has 3 aromatic heterocycles. The molecule has 0 radical (unpaired) electrons. The maximum absolute atomic E-state index is 15.1. The van der Waals surface area contributed by atoms with Crippen molar-refractivity contribution in [2.45, 2.75) is 59.0 Å². The maximum Gasteiger partial charge on any atom is 0.276 e. The molecular weight excluding hydrogens is 671 g/mol. The highest BCUT2D eigenvalue weighted by molar-refractivity contribution is 6.32. The van der Waals surface area contributed by atoms with Gasteiger partial charge in [-0.15, -0.1) is 0 Å². The van der Waals surface area contributed by atoms with Crippen LogP contribution in [0.25, 0.3) is 32.9 Å². The van der Waals surface area contributed by atoms with Gasteiger partial charge in [-0.05, 0) is 88.4 Å². The first-order valence-corrected chi connectivity index (χ1v) is 17.5. The smallest absolute Gasteiger partial charge is 0.276 e. The van der Waals surface area contributed by atoms with Crippen molar-refractivity contribution >= 4 is 62.5 Å². The van der Waals surface area contributed by atoms with E-state index in [0.717, 1.165) is 66.3 Å². The monoisotopic (exact) mass is 710 g/mol. The first-order valence-electron chi connectivity index (χ1n) is 16.7. The second-order valence-corrected chi connectivity index (χ2v) is 14.2. The number of carbonyl (C=O) groups is 2. The number of nitrogens with two attached hydrogens (primary N) is 1. The van der Waals surface area contributed by atoms with Gasteiger partial charge < -0.3 is 19.6 Å². The topological polar surface area (TPSA) is 100 Å². The molecule has 1 aliphatic heterocycles. The molecule has 4 heterocycles. The van der Waals surface area contributed by atoms with Gasteiger partial charge in [-0.2, -0.15) is 5.10 Å². The highest BCUT2D eigenvalue weighted by Crippen LogP contribution is 2.45. The van der Waals surface area contributed by atoms with Gasteiger partial charge in [-0.3, -0.25) is 19.2 Å². The van der Waals surface area contributed by atoms with Crippen LogP contribution in [0.4, 0.5) is 5.69 Å². The Morgan fingerprint density at radius 3 is 2.36 bits per heavy atom. The maximum atomic E-state index is 15.1. The summed E-state index contributed by atoms with van der Waals surface area (Å²) in [4.78, 5) is 29.0. The molecule has 50 heavy (non-hydrogen) atoms. The number of halogens is 2. The first kappa shape index (κ1) is 33.8. The van der Waals surface area contributed by atoms with Crippen molar-refractivity contribution in [1.29, 1.82) is 0 Å². The van der Waals surface area contributed by atoms with E-state index < -0.39 is 11.4 Å². The number of hydrogen-bond donors (Lipinski definition) is 1. The van der Waals surface area contributed by atoms with E-state index in [-0.39, 0.29) is 11.9 Å². The summed E-state index contributed by atoms with van der Waals surface area (Å²) in [5, 5.41) is 7.25. The summed E-state index contributed by atoms with van der Waals surface area (Å²) in [5.74, 6) is 0.0152. The van der Waals surface area contributed by atoms with E-state index in [9.17, 15) is 4.79 Å². The Kier molecular flexibility index (Phi) is 8.47. The van der Waals surface area contributed by atoms with Gasteiger partial charge in [0.15, 0.2) is 0 Å². The Bertz CT molecular complexity index is 2340. The summed E-state index contributed by atoms with van der Waals surface area (Å²) in [6.07, 6.45) is 1.27. The third-order valence-corrected chi connectivity index (χ3v) is 11.3. The highest BCUT2D eigenvalue weighted by Gasteiger charge is 2.42. The number of primary amides is 1. The van der Waals surface area contributed by atoms with Crippen molar-refractivity contribution in [3.05, 3.63) is 99.1 Å². The van der Waals surface area contributed by atoms with Crippen LogP contribution in [-0.2, 0) is 20.5 Å². The Morgan fingerprint density at radius 2 is 1.70 bits per heavy atom. The van der Waals surface area contributed by atoms with Crippen LogP contribution in [-0.4, -0.2) is 42.8 Å². The standard InChI is InChI=1S/C39H40Cl2N6O3/c1-20-17-26(18-21(2)33(20)40)50-16-10-14-28-27-12-9-13-29(32-22(3)43-45(7)23(32)4)35(27)46-24(5)37(41)47(39(49)36(28)46)30-15-8-11-25-19-31(38(42)48)44(6)34(25)30/h8-9,11-13,15,17-19,24,37H,10,14,16H2,1-7H3,(H2,42,48)/t24-,37?/m1/s1. The molecule has 6 aromatic rings. The van der Waals surface area contributed by atoms with Crippen molar-refractivity contribution in [3.8, 4) is 16.9 Å². The Hall–Kier alpha value is -4.73. The number of ether oxygens (including phenoxy) is 1. The van der Waals surface area contributed by atoms with E-state index in [1.54, 1.807) is 22.6 Å². The third kappa shape index (κ3) is 5.17. The molecule has 0 saturated carbocycles. The van der Waals surface area contributed by atoms with Crippen LogP contribution in [0.3, 0.4) is 0 Å². The first-order chi connectivity index (χ1) is 23.8. The molecule has 9 nitrogen and oxygen atoms in total. The summed E-state index contributed by atoms with van der Waals surface area (Å²) in [6.45, 7) is 10.5. The number of hydrogen-bond acceptors (Lipinski definition) is 4. The predicted octanol–water partition coefficient (Wildman–Crippen LogP) is 8.32.